The van der Waals surface area contributed by atoms with Crippen LogP contribution >= 0.6 is 22.9 Å². The molecule has 0 radical (unpaired) electrons. The second kappa shape index (κ2) is 8.58. The van der Waals surface area contributed by atoms with Crippen LogP contribution in [0.5, 0.6) is 0 Å². The maximum atomic E-state index is 12.8. The van der Waals surface area contributed by atoms with Crippen molar-refractivity contribution in [3.63, 3.8) is 0 Å². The lowest BCUT2D eigenvalue weighted by Crippen LogP contribution is -2.18. The Morgan fingerprint density at radius 3 is 2.61 bits per heavy atom. The third-order valence-electron chi connectivity index (χ3n) is 4.09. The van der Waals surface area contributed by atoms with E-state index >= 15 is 0 Å². The van der Waals surface area contributed by atoms with Gasteiger partial charge in [0.2, 0.25) is 0 Å². The first-order valence-corrected chi connectivity index (χ1v) is 10.1. The highest BCUT2D eigenvalue weighted by Gasteiger charge is 2.24. The van der Waals surface area contributed by atoms with E-state index in [0.717, 1.165) is 11.3 Å². The lowest BCUT2D eigenvalue weighted by Gasteiger charge is -2.09. The van der Waals surface area contributed by atoms with Gasteiger partial charge in [0, 0.05) is 22.5 Å². The van der Waals surface area contributed by atoms with E-state index < -0.39 is 5.97 Å². The lowest BCUT2D eigenvalue weighted by atomic mass is 10.0. The summed E-state index contributed by atoms with van der Waals surface area (Å²) in [7, 11) is 0. The average Bonchev–Trinajstić information content (AvgIpc) is 3.26. The molecule has 1 N–H and O–H groups in total. The zero-order valence-corrected chi connectivity index (χ0v) is 17.4. The minimum atomic E-state index is -0.482. The fourth-order valence-electron chi connectivity index (χ4n) is 2.83. The summed E-state index contributed by atoms with van der Waals surface area (Å²) in [6.07, 6.45) is 0. The second-order valence-corrected chi connectivity index (χ2v) is 7.34. The molecule has 0 unspecified atom stereocenters. The highest BCUT2D eigenvalue weighted by molar-refractivity contribution is 7.15. The van der Waals surface area contributed by atoms with Gasteiger partial charge in [0.25, 0.3) is 5.91 Å². The van der Waals surface area contributed by atoms with Crippen LogP contribution in [0.2, 0.25) is 5.02 Å². The van der Waals surface area contributed by atoms with E-state index in [1.165, 1.54) is 11.3 Å². The predicted octanol–water partition coefficient (Wildman–Crippen LogP) is 5.02. The molecule has 0 spiro atoms. The molecule has 1 aromatic carbocycles. The number of rotatable bonds is 6. The Labute approximate surface area is 172 Å². The molecule has 3 rings (SSSR count). The van der Waals surface area contributed by atoms with Gasteiger partial charge in [-0.25, -0.2) is 4.79 Å². The van der Waals surface area contributed by atoms with Gasteiger partial charge in [-0.15, -0.1) is 11.3 Å². The fourth-order valence-corrected chi connectivity index (χ4v) is 3.91. The van der Waals surface area contributed by atoms with Crippen LogP contribution in [0.25, 0.3) is 11.1 Å². The van der Waals surface area contributed by atoms with Gasteiger partial charge in [0.05, 0.1) is 12.3 Å². The summed E-state index contributed by atoms with van der Waals surface area (Å²) in [5.41, 5.74) is 3.04. The Morgan fingerprint density at radius 1 is 1.25 bits per heavy atom. The van der Waals surface area contributed by atoms with Crippen LogP contribution < -0.4 is 5.32 Å². The summed E-state index contributed by atoms with van der Waals surface area (Å²) in [5, 5.41) is 10.0. The van der Waals surface area contributed by atoms with E-state index in [2.05, 4.69) is 10.4 Å². The number of hydrogen-bond acceptors (Lipinski definition) is 5. The molecular weight excluding hydrogens is 398 g/mol. The number of nitrogens with zero attached hydrogens (tertiary/aromatic N) is 2. The molecule has 28 heavy (non-hydrogen) atoms. The molecule has 0 aliphatic heterocycles. The van der Waals surface area contributed by atoms with Gasteiger partial charge in [-0.05, 0) is 44.5 Å². The van der Waals surface area contributed by atoms with E-state index in [1.54, 1.807) is 29.8 Å². The minimum Gasteiger partial charge on any atom is -0.462 e. The molecule has 3 aromatic rings. The molecule has 0 fully saturated rings. The number of anilines is 1. The zero-order valence-electron chi connectivity index (χ0n) is 15.8. The van der Waals surface area contributed by atoms with E-state index in [4.69, 9.17) is 16.3 Å². The van der Waals surface area contributed by atoms with Crippen molar-refractivity contribution in [2.24, 2.45) is 0 Å². The van der Waals surface area contributed by atoms with Crippen molar-refractivity contribution < 1.29 is 14.3 Å². The maximum Gasteiger partial charge on any atom is 0.341 e. The number of esters is 1. The fraction of sp³-hybridized carbons (Fsp3) is 0.250. The molecule has 8 heteroatoms. The quantitative estimate of drug-likeness (QED) is 0.571. The van der Waals surface area contributed by atoms with Gasteiger partial charge in [-0.1, -0.05) is 23.7 Å². The molecule has 6 nitrogen and oxygen atoms in total. The number of carbonyl (C=O) groups is 2. The number of halogens is 1. The Morgan fingerprint density at radius 2 is 1.96 bits per heavy atom. The Balaban J connectivity index is 1.99. The normalized spacial score (nSPS) is 10.7. The van der Waals surface area contributed by atoms with Crippen LogP contribution in [-0.4, -0.2) is 28.3 Å². The molecule has 2 heterocycles. The zero-order chi connectivity index (χ0) is 20.3. The molecule has 0 aliphatic carbocycles. The van der Waals surface area contributed by atoms with Gasteiger partial charge >= 0.3 is 5.97 Å². The summed E-state index contributed by atoms with van der Waals surface area (Å²) in [4.78, 5) is 25.4. The van der Waals surface area contributed by atoms with E-state index in [1.807, 2.05) is 31.4 Å². The molecule has 1 amide bonds. The van der Waals surface area contributed by atoms with Crippen molar-refractivity contribution in [1.29, 1.82) is 0 Å². The molecule has 0 saturated carbocycles. The summed E-state index contributed by atoms with van der Waals surface area (Å²) in [6, 6.07) is 8.88. The monoisotopic (exact) mass is 417 g/mol. The lowest BCUT2D eigenvalue weighted by molar-refractivity contribution is 0.0529. The first kappa shape index (κ1) is 20.1. The third kappa shape index (κ3) is 4.10. The number of thiophene rings is 1. The number of benzene rings is 1. The average molecular weight is 418 g/mol. The number of amides is 1. The maximum absolute atomic E-state index is 12.8. The van der Waals surface area contributed by atoms with Gasteiger partial charge in [-0.2, -0.15) is 5.10 Å². The summed E-state index contributed by atoms with van der Waals surface area (Å²) in [6.45, 7) is 6.30. The topological polar surface area (TPSA) is 73.2 Å². The first-order chi connectivity index (χ1) is 13.4. The SMILES string of the molecule is CCOC(=O)c1c(-c2ccc(Cl)cc2)csc1NC(=O)c1cc(C)nn1CC. The molecule has 0 aliphatic rings. The number of aryl methyl sites for hydroxylation is 2. The number of carbonyl (C=O) groups excluding carboxylic acids is 2. The standard InChI is InChI=1S/C20H20ClN3O3S/c1-4-24-16(10-12(3)23-24)18(25)22-19-17(20(26)27-5-2)15(11-28-19)13-6-8-14(21)9-7-13/h6-11H,4-5H2,1-3H3,(H,22,25). The summed E-state index contributed by atoms with van der Waals surface area (Å²) < 4.78 is 6.85. The third-order valence-corrected chi connectivity index (χ3v) is 5.23. The molecule has 2 aromatic heterocycles. The van der Waals surface area contributed by atoms with E-state index in [-0.39, 0.29) is 12.5 Å². The van der Waals surface area contributed by atoms with Crippen molar-refractivity contribution in [2.45, 2.75) is 27.3 Å². The van der Waals surface area contributed by atoms with Crippen molar-refractivity contribution in [1.82, 2.24) is 9.78 Å². The number of hydrogen-bond donors (Lipinski definition) is 1. The van der Waals surface area contributed by atoms with Crippen molar-refractivity contribution >= 4 is 39.8 Å². The van der Waals surface area contributed by atoms with E-state index in [0.29, 0.717) is 33.4 Å². The van der Waals surface area contributed by atoms with Crippen LogP contribution in [0.1, 0.15) is 40.4 Å². The molecule has 146 valence electrons. The second-order valence-electron chi connectivity index (χ2n) is 6.02. The minimum absolute atomic E-state index is 0.240. The molecular formula is C20H20ClN3O3S. The van der Waals surface area contributed by atoms with Crippen LogP contribution in [0.15, 0.2) is 35.7 Å². The van der Waals surface area contributed by atoms with Gasteiger partial charge in [0.1, 0.15) is 16.3 Å². The largest absolute Gasteiger partial charge is 0.462 e. The highest BCUT2D eigenvalue weighted by atomic mass is 35.5. The molecule has 0 bridgehead atoms. The van der Waals surface area contributed by atoms with Crippen LogP contribution in [0.3, 0.4) is 0 Å². The van der Waals surface area contributed by atoms with Gasteiger partial charge in [-0.3, -0.25) is 9.48 Å². The molecule has 0 saturated heterocycles. The Hall–Kier alpha value is -2.64. The van der Waals surface area contributed by atoms with Gasteiger partial charge < -0.3 is 10.1 Å². The van der Waals surface area contributed by atoms with Crippen molar-refractivity contribution in [3.05, 3.63) is 57.7 Å². The van der Waals surface area contributed by atoms with Crippen LogP contribution in [-0.2, 0) is 11.3 Å². The smallest absolute Gasteiger partial charge is 0.341 e. The summed E-state index contributed by atoms with van der Waals surface area (Å²) >= 11 is 7.25. The predicted molar refractivity (Wildman–Crippen MR) is 111 cm³/mol. The number of ether oxygens (including phenoxy) is 1. The molecule has 0 atom stereocenters. The van der Waals surface area contributed by atoms with Crippen LogP contribution in [0, 0.1) is 6.92 Å². The number of nitrogens with one attached hydrogen (secondary N) is 1. The van der Waals surface area contributed by atoms with Crippen LogP contribution in [0.4, 0.5) is 5.00 Å². The Bertz CT molecular complexity index is 1010. The number of aromatic nitrogens is 2. The summed E-state index contributed by atoms with van der Waals surface area (Å²) in [5.74, 6) is -0.804. The first-order valence-electron chi connectivity index (χ1n) is 8.84. The van der Waals surface area contributed by atoms with Crippen molar-refractivity contribution in [3.8, 4) is 11.1 Å². The van der Waals surface area contributed by atoms with Gasteiger partial charge in [0.15, 0.2) is 0 Å². The van der Waals surface area contributed by atoms with Crippen molar-refractivity contribution in [2.75, 3.05) is 11.9 Å². The highest BCUT2D eigenvalue weighted by Crippen LogP contribution is 2.37. The van der Waals surface area contributed by atoms with E-state index in [9.17, 15) is 9.59 Å². The Kier molecular flexibility index (Phi) is 6.16.